The number of nitrogens with zero attached hydrogens (tertiary/aromatic N) is 1. The Kier molecular flexibility index (Phi) is 5.81. The molecule has 0 amide bonds. The van der Waals surface area contributed by atoms with Gasteiger partial charge in [0, 0.05) is 18.5 Å². The molecule has 0 saturated heterocycles. The van der Waals surface area contributed by atoms with Crippen molar-refractivity contribution in [3.8, 4) is 0 Å². The van der Waals surface area contributed by atoms with Gasteiger partial charge in [0.15, 0.2) is 0 Å². The Balaban J connectivity index is 2.26. The van der Waals surface area contributed by atoms with Gasteiger partial charge in [-0.05, 0) is 44.4 Å². The fraction of sp³-hybridized carbons (Fsp3) is 0.824. The Bertz CT molecular complexity index is 460. The molecule has 3 atom stereocenters. The highest BCUT2D eigenvalue weighted by atomic mass is 32.1. The molecule has 120 valence electrons. The van der Waals surface area contributed by atoms with Crippen LogP contribution in [0.4, 0.5) is 0 Å². The van der Waals surface area contributed by atoms with Crippen LogP contribution in [0.5, 0.6) is 0 Å². The first-order valence-corrected chi connectivity index (χ1v) is 9.04. The zero-order valence-corrected chi connectivity index (χ0v) is 15.0. The van der Waals surface area contributed by atoms with Crippen LogP contribution in [0.1, 0.15) is 55.6 Å². The van der Waals surface area contributed by atoms with Crippen LogP contribution in [0.2, 0.25) is 0 Å². The van der Waals surface area contributed by atoms with Gasteiger partial charge < -0.3 is 10.1 Å². The fourth-order valence-electron chi connectivity index (χ4n) is 3.39. The number of methoxy groups -OCH3 is 1. The summed E-state index contributed by atoms with van der Waals surface area (Å²) >= 11 is 1.89. The van der Waals surface area contributed by atoms with Crippen molar-refractivity contribution in [2.75, 3.05) is 20.3 Å². The molecule has 3 unspecified atom stereocenters. The summed E-state index contributed by atoms with van der Waals surface area (Å²) in [4.78, 5) is 6.36. The first-order valence-electron chi connectivity index (χ1n) is 8.23. The zero-order valence-electron chi connectivity index (χ0n) is 14.2. The summed E-state index contributed by atoms with van der Waals surface area (Å²) in [5, 5.41) is 5.09. The summed E-state index contributed by atoms with van der Waals surface area (Å²) < 4.78 is 5.23. The van der Waals surface area contributed by atoms with E-state index >= 15 is 0 Å². The number of nitrogens with one attached hydrogen (secondary N) is 1. The van der Waals surface area contributed by atoms with Crippen LogP contribution in [-0.4, -0.2) is 25.2 Å². The van der Waals surface area contributed by atoms with Gasteiger partial charge in [0.2, 0.25) is 0 Å². The Morgan fingerprint density at radius 3 is 2.71 bits per heavy atom. The van der Waals surface area contributed by atoms with Crippen LogP contribution in [0.25, 0.3) is 0 Å². The van der Waals surface area contributed by atoms with E-state index in [2.05, 4.69) is 33.0 Å². The maximum Gasteiger partial charge on any atom is 0.113 e. The number of hydrogen-bond acceptors (Lipinski definition) is 4. The second kappa shape index (κ2) is 7.21. The molecule has 1 aliphatic rings. The Hall–Kier alpha value is -0.450. The van der Waals surface area contributed by atoms with Gasteiger partial charge in [-0.2, -0.15) is 0 Å². The lowest BCUT2D eigenvalue weighted by molar-refractivity contribution is 0.122. The zero-order chi connectivity index (χ0) is 15.5. The van der Waals surface area contributed by atoms with Gasteiger partial charge in [-0.25, -0.2) is 4.98 Å². The van der Waals surface area contributed by atoms with Gasteiger partial charge >= 0.3 is 0 Å². The van der Waals surface area contributed by atoms with Crippen LogP contribution in [0.3, 0.4) is 0 Å². The second-order valence-corrected chi connectivity index (χ2v) is 7.78. The van der Waals surface area contributed by atoms with Crippen molar-refractivity contribution in [1.29, 1.82) is 0 Å². The lowest BCUT2D eigenvalue weighted by atomic mass is 9.71. The van der Waals surface area contributed by atoms with E-state index in [0.29, 0.717) is 0 Å². The van der Waals surface area contributed by atoms with Gasteiger partial charge in [0.05, 0.1) is 17.8 Å². The van der Waals surface area contributed by atoms with Gasteiger partial charge in [0.1, 0.15) is 5.01 Å². The summed E-state index contributed by atoms with van der Waals surface area (Å²) in [7, 11) is 1.77. The molecule has 1 aliphatic carbocycles. The fourth-order valence-corrected chi connectivity index (χ4v) is 4.60. The molecule has 2 rings (SSSR count). The molecule has 1 N–H and O–H groups in total. The SMILES string of the molecule is CCc1nc(C2(NCCOC)CCC(C)C(C)C2)sc1C. The van der Waals surface area contributed by atoms with Crippen molar-refractivity contribution in [2.45, 2.75) is 58.9 Å². The molecule has 1 heterocycles. The van der Waals surface area contributed by atoms with Crippen molar-refractivity contribution < 1.29 is 4.74 Å². The summed E-state index contributed by atoms with van der Waals surface area (Å²) in [6.07, 6.45) is 4.69. The van der Waals surface area contributed by atoms with Gasteiger partial charge in [-0.15, -0.1) is 11.3 Å². The summed E-state index contributed by atoms with van der Waals surface area (Å²) in [6, 6.07) is 0. The monoisotopic (exact) mass is 310 g/mol. The van der Waals surface area contributed by atoms with Crippen molar-refractivity contribution >= 4 is 11.3 Å². The molecule has 1 aromatic rings. The van der Waals surface area contributed by atoms with Crippen molar-refractivity contribution in [1.82, 2.24) is 10.3 Å². The summed E-state index contributed by atoms with van der Waals surface area (Å²) in [6.45, 7) is 10.8. The Morgan fingerprint density at radius 2 is 2.14 bits per heavy atom. The van der Waals surface area contributed by atoms with E-state index in [1.165, 1.54) is 34.8 Å². The van der Waals surface area contributed by atoms with E-state index in [0.717, 1.165) is 31.4 Å². The molecular weight excluding hydrogens is 280 g/mol. The molecule has 4 heteroatoms. The minimum Gasteiger partial charge on any atom is -0.383 e. The highest BCUT2D eigenvalue weighted by Crippen LogP contribution is 2.44. The second-order valence-electron chi connectivity index (χ2n) is 6.57. The number of thiazole rings is 1. The Labute approximate surface area is 133 Å². The van der Waals surface area contributed by atoms with Gasteiger partial charge in [0.25, 0.3) is 0 Å². The molecule has 1 fully saturated rings. The smallest absolute Gasteiger partial charge is 0.113 e. The standard InChI is InChI=1S/C17H30N2OS/c1-6-15-14(4)21-16(19-15)17(18-9-10-20-5)8-7-12(2)13(3)11-17/h12-13,18H,6-11H2,1-5H3. The number of rotatable bonds is 6. The van der Waals surface area contributed by atoms with Crippen LogP contribution in [0, 0.1) is 18.8 Å². The highest BCUT2D eigenvalue weighted by molar-refractivity contribution is 7.11. The minimum absolute atomic E-state index is 0.0628. The third-order valence-electron chi connectivity index (χ3n) is 5.07. The molecule has 1 saturated carbocycles. The summed E-state index contributed by atoms with van der Waals surface area (Å²) in [5.74, 6) is 1.55. The Morgan fingerprint density at radius 1 is 1.38 bits per heavy atom. The van der Waals surface area contributed by atoms with Gasteiger partial charge in [-0.3, -0.25) is 0 Å². The predicted octanol–water partition coefficient (Wildman–Crippen LogP) is 3.90. The van der Waals surface area contributed by atoms with Crippen LogP contribution in [0.15, 0.2) is 0 Å². The molecule has 0 aromatic carbocycles. The number of hydrogen-bond donors (Lipinski definition) is 1. The van der Waals surface area contributed by atoms with Crippen molar-refractivity contribution in [3.05, 3.63) is 15.6 Å². The molecule has 1 aromatic heterocycles. The van der Waals surface area contributed by atoms with E-state index in [4.69, 9.17) is 9.72 Å². The van der Waals surface area contributed by atoms with Crippen LogP contribution in [-0.2, 0) is 16.7 Å². The highest BCUT2D eigenvalue weighted by Gasteiger charge is 2.41. The molecule has 0 aliphatic heterocycles. The van der Waals surface area contributed by atoms with E-state index in [9.17, 15) is 0 Å². The lowest BCUT2D eigenvalue weighted by Gasteiger charge is -2.42. The third-order valence-corrected chi connectivity index (χ3v) is 6.29. The molecule has 0 bridgehead atoms. The predicted molar refractivity (Wildman–Crippen MR) is 90.0 cm³/mol. The normalized spacial score (nSPS) is 29.8. The lowest BCUT2D eigenvalue weighted by Crippen LogP contribution is -2.48. The van der Waals surface area contributed by atoms with E-state index < -0.39 is 0 Å². The van der Waals surface area contributed by atoms with Gasteiger partial charge in [-0.1, -0.05) is 20.8 Å². The van der Waals surface area contributed by atoms with Crippen LogP contribution < -0.4 is 5.32 Å². The number of aryl methyl sites for hydroxylation is 2. The summed E-state index contributed by atoms with van der Waals surface area (Å²) in [5.41, 5.74) is 1.34. The number of aromatic nitrogens is 1. The molecule has 0 spiro atoms. The minimum atomic E-state index is 0.0628. The van der Waals surface area contributed by atoms with E-state index in [-0.39, 0.29) is 5.54 Å². The topological polar surface area (TPSA) is 34.2 Å². The third kappa shape index (κ3) is 3.66. The first kappa shape index (κ1) is 16.9. The van der Waals surface area contributed by atoms with E-state index in [1.54, 1.807) is 7.11 Å². The van der Waals surface area contributed by atoms with E-state index in [1.807, 2.05) is 11.3 Å². The maximum absolute atomic E-state index is 5.23. The van der Waals surface area contributed by atoms with Crippen molar-refractivity contribution in [2.24, 2.45) is 11.8 Å². The molecule has 3 nitrogen and oxygen atoms in total. The maximum atomic E-state index is 5.23. The van der Waals surface area contributed by atoms with Crippen molar-refractivity contribution in [3.63, 3.8) is 0 Å². The average Bonchev–Trinajstić information content (AvgIpc) is 2.85. The molecule has 21 heavy (non-hydrogen) atoms. The quantitative estimate of drug-likeness (QED) is 0.809. The molecule has 0 radical (unpaired) electrons. The largest absolute Gasteiger partial charge is 0.383 e. The number of ether oxygens (including phenoxy) is 1. The van der Waals surface area contributed by atoms with Crippen LogP contribution >= 0.6 is 11.3 Å². The average molecular weight is 311 g/mol. The molecular formula is C17H30N2OS. The first-order chi connectivity index (χ1) is 10.0.